The zero-order chi connectivity index (χ0) is 35.9. The van der Waals surface area contributed by atoms with Crippen LogP contribution in [0.15, 0.2) is 103 Å². The van der Waals surface area contributed by atoms with E-state index in [0.717, 1.165) is 6.07 Å². The van der Waals surface area contributed by atoms with Gasteiger partial charge in [-0.25, -0.2) is 0 Å². The molecule has 4 aromatic carbocycles. The summed E-state index contributed by atoms with van der Waals surface area (Å²) in [4.78, 5) is 11.6. The molecule has 0 bridgehead atoms. The molecule has 2 radical (unpaired) electrons. The Morgan fingerprint density at radius 1 is 0.615 bits per heavy atom. The van der Waals surface area contributed by atoms with Crippen LogP contribution in [0.3, 0.4) is 0 Å². The fourth-order valence-corrected chi connectivity index (χ4v) is 5.41. The Hall–Kier alpha value is -3.71. The number of fused-ring (bicyclic) bond motifs is 1. The van der Waals surface area contributed by atoms with Gasteiger partial charge < -0.3 is 31.3 Å². The van der Waals surface area contributed by atoms with Crippen LogP contribution in [-0.4, -0.2) is 142 Å². The maximum Gasteiger partial charge on any atom is 0.296 e. The van der Waals surface area contributed by atoms with Crippen molar-refractivity contribution in [1.29, 1.82) is 0 Å². The van der Waals surface area contributed by atoms with E-state index >= 15 is 0 Å². The maximum absolute atomic E-state index is 12.4. The van der Waals surface area contributed by atoms with Gasteiger partial charge in [0.2, 0.25) is 17.8 Å². The molecule has 262 valence electrons. The second-order valence-electron chi connectivity index (χ2n) is 10.1. The third-order valence-corrected chi connectivity index (χ3v) is 8.28. The molecule has 0 spiro atoms. The van der Waals surface area contributed by atoms with Crippen LogP contribution in [0.1, 0.15) is 0 Å². The largest absolute Gasteiger partial charge is 0.505 e. The Morgan fingerprint density at radius 2 is 1.10 bits per heavy atom. The molecule has 1 aromatic heterocycles. The molecule has 0 aliphatic carbocycles. The Bertz CT molecular complexity index is 2270. The first-order valence-corrected chi connectivity index (χ1v) is 17.2. The van der Waals surface area contributed by atoms with Crippen LogP contribution in [0.2, 0.25) is 0 Å². The quantitative estimate of drug-likeness (QED) is 0.0452. The van der Waals surface area contributed by atoms with E-state index < -0.39 is 36.6 Å². The molecule has 0 saturated heterocycles. The summed E-state index contributed by atoms with van der Waals surface area (Å²) in [5, 5.41) is 54.2. The first kappa shape index (κ1) is 42.7. The van der Waals surface area contributed by atoms with E-state index in [4.69, 9.17) is 14.8 Å². The minimum Gasteiger partial charge on any atom is -0.505 e. The number of aromatic hydroxyl groups is 1. The molecule has 0 fully saturated rings. The fraction of sp³-hybridized carbons (Fsp3) is 0.138. The number of hydrogen-bond acceptors (Lipinski definition) is 17. The number of anilines is 4. The predicted octanol–water partition coefficient (Wildman–Crippen LogP) is 3.85. The van der Waals surface area contributed by atoms with Crippen molar-refractivity contribution < 1.29 is 41.3 Å². The maximum atomic E-state index is 12.4. The summed E-state index contributed by atoms with van der Waals surface area (Å²) in [7, 11) is -9.24. The van der Waals surface area contributed by atoms with Gasteiger partial charge in [0.25, 0.3) is 20.2 Å². The number of aliphatic hydroxyl groups excluding tert-OH is 2. The van der Waals surface area contributed by atoms with Crippen molar-refractivity contribution in [3.63, 3.8) is 0 Å². The number of nitrogens with zero attached hydrogens (tertiary/aromatic N) is 7. The van der Waals surface area contributed by atoms with Crippen molar-refractivity contribution in [3.05, 3.63) is 72.8 Å². The van der Waals surface area contributed by atoms with E-state index in [0.29, 0.717) is 17.1 Å². The summed E-state index contributed by atoms with van der Waals surface area (Å²) in [5.41, 5.74) is 0.800. The Morgan fingerprint density at radius 3 is 1.58 bits per heavy atom. The number of phenolic OH excluding ortho intramolecular Hbond substituents is 1. The van der Waals surface area contributed by atoms with Gasteiger partial charge in [-0.2, -0.15) is 47.1 Å². The average molecular weight is 771 g/mol. The van der Waals surface area contributed by atoms with Crippen LogP contribution in [0.4, 0.5) is 46.3 Å². The molecular weight excluding hydrogens is 742 g/mol. The number of phenols is 1. The molecule has 0 aliphatic heterocycles. The van der Waals surface area contributed by atoms with E-state index in [2.05, 4.69) is 51.4 Å². The number of hydrogen-bond donors (Lipinski definition) is 8. The number of aromatic nitrogens is 3. The second kappa shape index (κ2) is 18.9. The summed E-state index contributed by atoms with van der Waals surface area (Å²) in [5.74, 6) is -0.248. The summed E-state index contributed by atoms with van der Waals surface area (Å²) >= 11 is 0. The topological polar surface area (TPSA) is 294 Å². The van der Waals surface area contributed by atoms with Crippen LogP contribution in [-0.2, 0) is 20.2 Å². The molecule has 0 saturated carbocycles. The molecule has 0 amide bonds. The zero-order valence-corrected chi connectivity index (χ0v) is 33.2. The van der Waals surface area contributed by atoms with Crippen LogP contribution in [0.5, 0.6) is 5.75 Å². The van der Waals surface area contributed by atoms with Crippen molar-refractivity contribution in [3.8, 4) is 5.75 Å². The molecule has 5 aromatic rings. The molecule has 0 aliphatic rings. The predicted molar refractivity (Wildman–Crippen MR) is 192 cm³/mol. The van der Waals surface area contributed by atoms with Gasteiger partial charge in [-0.3, -0.25) is 9.11 Å². The fourth-order valence-electron chi connectivity index (χ4n) is 4.27. The molecule has 23 heteroatoms. The molecule has 52 heavy (non-hydrogen) atoms. The molecule has 0 atom stereocenters. The van der Waals surface area contributed by atoms with Crippen molar-refractivity contribution in [2.75, 3.05) is 42.3 Å². The molecule has 19 nitrogen and oxygen atoms in total. The van der Waals surface area contributed by atoms with Crippen LogP contribution in [0.25, 0.3) is 10.8 Å². The SMILES string of the molecule is O=S(=O)(O)c1ccc(N=Nc2ccc(N=Nc3c(S(=O)(=O)O)cc4cc(Nc5nc(NCCO)nc(NCCO)n5)ccc4c3O)cc2)cc1.[Na].[Na]. The number of benzene rings is 4. The number of rotatable bonds is 14. The Kier molecular flexibility index (Phi) is 15.5. The van der Waals surface area contributed by atoms with Crippen LogP contribution in [0, 0.1) is 0 Å². The van der Waals surface area contributed by atoms with E-state index in [1.54, 1.807) is 6.07 Å². The Balaban J connectivity index is 0.00000364. The van der Waals surface area contributed by atoms with Gasteiger partial charge in [-0.05, 0) is 78.2 Å². The van der Waals surface area contributed by atoms with Gasteiger partial charge in [0.1, 0.15) is 10.6 Å². The molecular formula is C29H28N10Na2O9S2. The van der Waals surface area contributed by atoms with Gasteiger partial charge in [0.05, 0.1) is 35.2 Å². The number of aliphatic hydroxyl groups is 2. The molecule has 8 N–H and O–H groups in total. The second-order valence-corrected chi connectivity index (χ2v) is 12.9. The minimum absolute atomic E-state index is 0. The first-order valence-electron chi connectivity index (χ1n) is 14.3. The van der Waals surface area contributed by atoms with E-state index in [9.17, 15) is 26.5 Å². The molecule has 1 heterocycles. The van der Waals surface area contributed by atoms with Crippen molar-refractivity contribution in [2.45, 2.75) is 9.79 Å². The molecule has 0 unspecified atom stereocenters. The summed E-state index contributed by atoms with van der Waals surface area (Å²) in [6.07, 6.45) is 0. The first-order chi connectivity index (χ1) is 23.8. The van der Waals surface area contributed by atoms with Gasteiger partial charge in [0.15, 0.2) is 5.75 Å². The monoisotopic (exact) mass is 770 g/mol. The van der Waals surface area contributed by atoms with Crippen molar-refractivity contribution in [2.24, 2.45) is 20.5 Å². The van der Waals surface area contributed by atoms with Gasteiger partial charge in [-0.1, -0.05) is 0 Å². The third-order valence-electron chi connectivity index (χ3n) is 6.54. The standard InChI is InChI=1S/C29H28N10O9S2.2Na/c40-13-11-30-27-33-28(31-12-14-41)35-29(34-27)32-21-7-10-23-17(15-21)16-24(50(46,47)48)25(26(23)42)39-38-19-3-1-18(2-4-19)36-37-20-5-8-22(9-6-20)49(43,44)45;;/h1-10,15-16,40-42H,11-14H2,(H,43,44,45)(H,46,47,48)(H3,30,31,32,33,34,35);;. The van der Waals surface area contributed by atoms with Crippen molar-refractivity contribution in [1.82, 2.24) is 15.0 Å². The van der Waals surface area contributed by atoms with E-state index in [1.165, 1.54) is 60.7 Å². The van der Waals surface area contributed by atoms with Crippen molar-refractivity contribution >= 4 is 136 Å². The average Bonchev–Trinajstić information content (AvgIpc) is 3.08. The summed E-state index contributed by atoms with van der Waals surface area (Å²) < 4.78 is 66.2. The normalized spacial score (nSPS) is 11.7. The zero-order valence-electron chi connectivity index (χ0n) is 27.6. The van der Waals surface area contributed by atoms with E-state index in [-0.39, 0.29) is 125 Å². The Labute approximate surface area is 340 Å². The summed E-state index contributed by atoms with van der Waals surface area (Å²) in [6, 6.07) is 16.7. The van der Waals surface area contributed by atoms with Crippen LogP contribution < -0.4 is 16.0 Å². The number of nitrogens with one attached hydrogen (secondary N) is 3. The smallest absolute Gasteiger partial charge is 0.296 e. The van der Waals surface area contributed by atoms with E-state index in [1.807, 2.05) is 0 Å². The minimum atomic E-state index is -4.90. The molecule has 5 rings (SSSR count). The summed E-state index contributed by atoms with van der Waals surface area (Å²) in [6.45, 7) is -0.0344. The number of azo groups is 2. The van der Waals surface area contributed by atoms with Gasteiger partial charge >= 0.3 is 0 Å². The van der Waals surface area contributed by atoms with Crippen LogP contribution >= 0.6 is 0 Å². The van der Waals surface area contributed by atoms with Gasteiger partial charge in [-0.15, -0.1) is 5.11 Å². The van der Waals surface area contributed by atoms with Gasteiger partial charge in [0, 0.05) is 83.3 Å². The third kappa shape index (κ3) is 11.4.